The van der Waals surface area contributed by atoms with E-state index >= 15 is 0 Å². The van der Waals surface area contributed by atoms with Crippen molar-refractivity contribution >= 4 is 29.1 Å². The first kappa shape index (κ1) is 13.1. The fourth-order valence-corrected chi connectivity index (χ4v) is 2.58. The first-order valence-electron chi connectivity index (χ1n) is 5.76. The maximum absolute atomic E-state index is 5.97. The Labute approximate surface area is 124 Å². The Morgan fingerprint density at radius 3 is 2.95 bits per heavy atom. The number of hydrogen-bond donors (Lipinski definition) is 1. The molecule has 5 nitrogen and oxygen atoms in total. The Hall–Kier alpha value is -1.92. The van der Waals surface area contributed by atoms with Crippen LogP contribution in [0.25, 0.3) is 11.6 Å². The first-order chi connectivity index (χ1) is 9.72. The molecular formula is C13H10ClN3O2S. The number of rotatable bonds is 4. The number of aromatic nitrogens is 2. The summed E-state index contributed by atoms with van der Waals surface area (Å²) in [4.78, 5) is 5.25. The van der Waals surface area contributed by atoms with Crippen molar-refractivity contribution in [2.45, 2.75) is 10.6 Å². The third-order valence-electron chi connectivity index (χ3n) is 2.54. The molecule has 0 fully saturated rings. The molecule has 102 valence electrons. The Bertz CT molecular complexity index is 712. The monoisotopic (exact) mass is 307 g/mol. The van der Waals surface area contributed by atoms with Gasteiger partial charge in [0.1, 0.15) is 0 Å². The van der Waals surface area contributed by atoms with Crippen molar-refractivity contribution in [2.24, 2.45) is 0 Å². The number of nitrogens with zero attached hydrogens (tertiary/aromatic N) is 2. The number of nitrogens with two attached hydrogens (primary N) is 1. The zero-order chi connectivity index (χ0) is 13.9. The third kappa shape index (κ3) is 2.81. The Kier molecular flexibility index (Phi) is 3.66. The highest BCUT2D eigenvalue weighted by Crippen LogP contribution is 2.28. The van der Waals surface area contributed by atoms with Gasteiger partial charge in [-0.25, -0.2) is 0 Å². The molecule has 0 unspecified atom stereocenters. The topological polar surface area (TPSA) is 78.1 Å². The van der Waals surface area contributed by atoms with Crippen molar-refractivity contribution in [3.8, 4) is 11.6 Å². The number of halogens is 1. The molecule has 0 amide bonds. The van der Waals surface area contributed by atoms with E-state index in [1.54, 1.807) is 36.2 Å². The third-order valence-corrected chi connectivity index (χ3v) is 3.85. The summed E-state index contributed by atoms with van der Waals surface area (Å²) in [5, 5.41) is 4.40. The average molecular weight is 308 g/mol. The normalized spacial score (nSPS) is 10.8. The maximum Gasteiger partial charge on any atom is 0.238 e. The molecule has 0 saturated carbocycles. The van der Waals surface area contributed by atoms with E-state index in [1.165, 1.54) is 0 Å². The van der Waals surface area contributed by atoms with Crippen LogP contribution in [0.1, 0.15) is 5.89 Å². The molecule has 0 bridgehead atoms. The molecule has 0 spiro atoms. The van der Waals surface area contributed by atoms with Crippen LogP contribution in [0, 0.1) is 0 Å². The van der Waals surface area contributed by atoms with Gasteiger partial charge in [0.2, 0.25) is 11.7 Å². The zero-order valence-corrected chi connectivity index (χ0v) is 11.8. The lowest BCUT2D eigenvalue weighted by Crippen LogP contribution is -1.86. The molecule has 2 aromatic heterocycles. The highest BCUT2D eigenvalue weighted by molar-refractivity contribution is 7.98. The fraction of sp³-hybridized carbons (Fsp3) is 0.0769. The van der Waals surface area contributed by atoms with E-state index in [1.807, 2.05) is 12.1 Å². The van der Waals surface area contributed by atoms with Crippen LogP contribution in [0.5, 0.6) is 0 Å². The molecule has 3 aromatic rings. The van der Waals surface area contributed by atoms with Gasteiger partial charge in [0.05, 0.1) is 22.7 Å². The molecule has 1 aromatic carbocycles. The molecule has 2 heterocycles. The van der Waals surface area contributed by atoms with E-state index in [0.29, 0.717) is 33.9 Å². The Balaban J connectivity index is 1.68. The fourth-order valence-electron chi connectivity index (χ4n) is 1.56. The molecule has 0 aliphatic rings. The predicted molar refractivity (Wildman–Crippen MR) is 77.4 cm³/mol. The van der Waals surface area contributed by atoms with E-state index in [9.17, 15) is 0 Å². The predicted octanol–water partition coefficient (Wildman–Crippen LogP) is 3.86. The standard InChI is InChI=1S/C13H10ClN3O2S/c14-9-6-8(3-4-10(9)15)20-7-12-16-13(17-19-12)11-2-1-5-18-11/h1-6H,7,15H2. The summed E-state index contributed by atoms with van der Waals surface area (Å²) >= 11 is 7.51. The molecule has 0 radical (unpaired) electrons. The second-order valence-corrected chi connectivity index (χ2v) is 5.42. The van der Waals surface area contributed by atoms with Gasteiger partial charge in [-0.3, -0.25) is 0 Å². The van der Waals surface area contributed by atoms with Crippen molar-refractivity contribution in [1.29, 1.82) is 0 Å². The molecule has 20 heavy (non-hydrogen) atoms. The minimum atomic E-state index is 0.445. The lowest BCUT2D eigenvalue weighted by atomic mass is 10.3. The van der Waals surface area contributed by atoms with Crippen LogP contribution in [-0.2, 0) is 5.75 Å². The van der Waals surface area contributed by atoms with Gasteiger partial charge >= 0.3 is 0 Å². The number of thioether (sulfide) groups is 1. The van der Waals surface area contributed by atoms with Gasteiger partial charge in [-0.2, -0.15) is 4.98 Å². The number of nitrogen functional groups attached to an aromatic ring is 1. The van der Waals surface area contributed by atoms with Crippen LogP contribution in [0.3, 0.4) is 0 Å². The summed E-state index contributed by atoms with van der Waals surface area (Å²) in [7, 11) is 0. The largest absolute Gasteiger partial charge is 0.461 e. The van der Waals surface area contributed by atoms with E-state index < -0.39 is 0 Å². The second kappa shape index (κ2) is 5.60. The van der Waals surface area contributed by atoms with Gasteiger partial charge in [0.15, 0.2) is 5.76 Å². The first-order valence-corrected chi connectivity index (χ1v) is 7.13. The van der Waals surface area contributed by atoms with E-state index in [0.717, 1.165) is 4.90 Å². The number of anilines is 1. The van der Waals surface area contributed by atoms with Crippen molar-refractivity contribution in [1.82, 2.24) is 10.1 Å². The van der Waals surface area contributed by atoms with Crippen molar-refractivity contribution in [2.75, 3.05) is 5.73 Å². The Morgan fingerprint density at radius 2 is 2.20 bits per heavy atom. The summed E-state index contributed by atoms with van der Waals surface area (Å²) in [6.45, 7) is 0. The molecular weight excluding hydrogens is 298 g/mol. The number of hydrogen-bond acceptors (Lipinski definition) is 6. The minimum absolute atomic E-state index is 0.445. The molecule has 0 aliphatic carbocycles. The van der Waals surface area contributed by atoms with Gasteiger partial charge in [0, 0.05) is 4.90 Å². The van der Waals surface area contributed by atoms with E-state index in [-0.39, 0.29) is 0 Å². The molecule has 0 aliphatic heterocycles. The highest BCUT2D eigenvalue weighted by Gasteiger charge is 2.11. The molecule has 3 rings (SSSR count). The van der Waals surface area contributed by atoms with Gasteiger partial charge in [-0.1, -0.05) is 16.8 Å². The van der Waals surface area contributed by atoms with Crippen LogP contribution >= 0.6 is 23.4 Å². The molecule has 0 saturated heterocycles. The molecule has 2 N–H and O–H groups in total. The van der Waals surface area contributed by atoms with Crippen LogP contribution in [-0.4, -0.2) is 10.1 Å². The summed E-state index contributed by atoms with van der Waals surface area (Å²) in [6, 6.07) is 9.03. The highest BCUT2D eigenvalue weighted by atomic mass is 35.5. The van der Waals surface area contributed by atoms with Gasteiger partial charge in [-0.05, 0) is 30.3 Å². The van der Waals surface area contributed by atoms with E-state index in [2.05, 4.69) is 10.1 Å². The smallest absolute Gasteiger partial charge is 0.238 e. The van der Waals surface area contributed by atoms with Gasteiger partial charge in [-0.15, -0.1) is 11.8 Å². The van der Waals surface area contributed by atoms with Crippen molar-refractivity contribution < 1.29 is 8.94 Å². The van der Waals surface area contributed by atoms with Crippen LogP contribution in [0.2, 0.25) is 5.02 Å². The van der Waals surface area contributed by atoms with E-state index in [4.69, 9.17) is 26.3 Å². The summed E-state index contributed by atoms with van der Waals surface area (Å²) < 4.78 is 10.4. The molecule has 7 heteroatoms. The lowest BCUT2D eigenvalue weighted by molar-refractivity contribution is 0.390. The second-order valence-electron chi connectivity index (χ2n) is 3.96. The number of furan rings is 1. The van der Waals surface area contributed by atoms with Crippen molar-refractivity contribution in [3.05, 3.63) is 47.5 Å². The quantitative estimate of drug-likeness (QED) is 0.582. The average Bonchev–Trinajstić information content (AvgIpc) is 3.09. The van der Waals surface area contributed by atoms with Gasteiger partial charge < -0.3 is 14.7 Å². The summed E-state index contributed by atoms with van der Waals surface area (Å²) in [5.74, 6) is 2.10. The summed E-state index contributed by atoms with van der Waals surface area (Å²) in [6.07, 6.45) is 1.57. The van der Waals surface area contributed by atoms with Crippen LogP contribution in [0.4, 0.5) is 5.69 Å². The zero-order valence-electron chi connectivity index (χ0n) is 10.2. The van der Waals surface area contributed by atoms with Crippen LogP contribution < -0.4 is 5.73 Å². The van der Waals surface area contributed by atoms with Gasteiger partial charge in [0.25, 0.3) is 0 Å². The lowest BCUT2D eigenvalue weighted by Gasteiger charge is -2.01. The minimum Gasteiger partial charge on any atom is -0.461 e. The number of benzene rings is 1. The maximum atomic E-state index is 5.97. The summed E-state index contributed by atoms with van der Waals surface area (Å²) in [5.41, 5.74) is 6.22. The van der Waals surface area contributed by atoms with Crippen LogP contribution in [0.15, 0.2) is 50.4 Å². The SMILES string of the molecule is Nc1ccc(SCc2nc(-c3ccco3)no2)cc1Cl. The Morgan fingerprint density at radius 1 is 1.30 bits per heavy atom. The molecule has 0 atom stereocenters. The van der Waals surface area contributed by atoms with Crippen molar-refractivity contribution in [3.63, 3.8) is 0 Å².